The van der Waals surface area contributed by atoms with Crippen molar-refractivity contribution in [3.63, 3.8) is 0 Å². The van der Waals surface area contributed by atoms with Crippen LogP contribution in [0.15, 0.2) is 55.1 Å². The Kier molecular flexibility index (Phi) is 4.40. The van der Waals surface area contributed by atoms with E-state index < -0.39 is 5.41 Å². The van der Waals surface area contributed by atoms with Crippen LogP contribution < -0.4 is 0 Å². The summed E-state index contributed by atoms with van der Waals surface area (Å²) in [5.41, 5.74) is 1.19. The van der Waals surface area contributed by atoms with E-state index in [0.717, 1.165) is 11.1 Å². The Morgan fingerprint density at radius 1 is 1.50 bits per heavy atom. The largest absolute Gasteiger partial charge is 0.468 e. The summed E-state index contributed by atoms with van der Waals surface area (Å²) in [7, 11) is 1.41. The predicted octanol–water partition coefficient (Wildman–Crippen LogP) is 3.09. The number of ether oxygens (including phenoxy) is 2. The lowest BCUT2D eigenvalue weighted by Gasteiger charge is -2.42. The molecular weight excluding hydrogens is 252 g/mol. The minimum absolute atomic E-state index is 0.108. The topological polar surface area (TPSA) is 35.5 Å². The highest BCUT2D eigenvalue weighted by Gasteiger charge is 2.50. The van der Waals surface area contributed by atoms with E-state index in [0.29, 0.717) is 19.6 Å². The SMILES string of the molecule is C=CC[C@@]1(C(=O)OC)COCC(=C)[C@@H]1c1ccccc1. The molecule has 1 heterocycles. The van der Waals surface area contributed by atoms with E-state index in [1.165, 1.54) is 7.11 Å². The van der Waals surface area contributed by atoms with Gasteiger partial charge in [-0.1, -0.05) is 43.0 Å². The maximum atomic E-state index is 12.4. The minimum Gasteiger partial charge on any atom is -0.468 e. The summed E-state index contributed by atoms with van der Waals surface area (Å²) < 4.78 is 10.6. The molecule has 20 heavy (non-hydrogen) atoms. The third-order valence-corrected chi connectivity index (χ3v) is 3.84. The maximum Gasteiger partial charge on any atom is 0.315 e. The number of carbonyl (C=O) groups is 1. The van der Waals surface area contributed by atoms with Crippen LogP contribution in [0.4, 0.5) is 0 Å². The highest BCUT2D eigenvalue weighted by molar-refractivity contribution is 5.80. The lowest BCUT2D eigenvalue weighted by molar-refractivity contribution is -0.160. The molecule has 0 saturated carbocycles. The second-order valence-electron chi connectivity index (χ2n) is 5.14. The van der Waals surface area contributed by atoms with Crippen molar-refractivity contribution in [2.24, 2.45) is 5.41 Å². The molecule has 2 atom stereocenters. The number of hydrogen-bond donors (Lipinski definition) is 0. The normalized spacial score (nSPS) is 26.1. The number of rotatable bonds is 4. The van der Waals surface area contributed by atoms with Gasteiger partial charge in [-0.25, -0.2) is 0 Å². The Bertz CT molecular complexity index is 506. The predicted molar refractivity (Wildman–Crippen MR) is 78.4 cm³/mol. The lowest BCUT2D eigenvalue weighted by atomic mass is 9.66. The van der Waals surface area contributed by atoms with Gasteiger partial charge in [-0.05, 0) is 17.6 Å². The van der Waals surface area contributed by atoms with Gasteiger partial charge in [0.1, 0.15) is 5.41 Å². The van der Waals surface area contributed by atoms with Crippen LogP contribution in [0.25, 0.3) is 0 Å². The van der Waals surface area contributed by atoms with Gasteiger partial charge in [0.2, 0.25) is 0 Å². The molecule has 1 aromatic carbocycles. The third-order valence-electron chi connectivity index (χ3n) is 3.84. The van der Waals surface area contributed by atoms with Crippen molar-refractivity contribution >= 4 is 5.97 Å². The molecule has 106 valence electrons. The van der Waals surface area contributed by atoms with Crippen LogP contribution in [-0.2, 0) is 14.3 Å². The second kappa shape index (κ2) is 6.06. The average molecular weight is 272 g/mol. The fourth-order valence-corrected chi connectivity index (χ4v) is 3.02. The van der Waals surface area contributed by atoms with Crippen LogP contribution in [0.2, 0.25) is 0 Å². The summed E-state index contributed by atoms with van der Waals surface area (Å²) in [6.07, 6.45) is 2.24. The van der Waals surface area contributed by atoms with Crippen LogP contribution in [0, 0.1) is 5.41 Å². The molecule has 1 saturated heterocycles. The van der Waals surface area contributed by atoms with Gasteiger partial charge in [0.25, 0.3) is 0 Å². The van der Waals surface area contributed by atoms with Crippen LogP contribution >= 0.6 is 0 Å². The van der Waals surface area contributed by atoms with Crippen molar-refractivity contribution < 1.29 is 14.3 Å². The van der Waals surface area contributed by atoms with Crippen LogP contribution in [0.1, 0.15) is 17.9 Å². The molecule has 1 aliphatic rings. The highest BCUT2D eigenvalue weighted by Crippen LogP contribution is 2.47. The van der Waals surface area contributed by atoms with Crippen molar-refractivity contribution in [1.82, 2.24) is 0 Å². The van der Waals surface area contributed by atoms with E-state index >= 15 is 0 Å². The number of benzene rings is 1. The van der Waals surface area contributed by atoms with E-state index in [1.54, 1.807) is 6.08 Å². The zero-order chi connectivity index (χ0) is 14.6. The van der Waals surface area contributed by atoms with Crippen molar-refractivity contribution in [1.29, 1.82) is 0 Å². The van der Waals surface area contributed by atoms with E-state index in [-0.39, 0.29) is 11.9 Å². The van der Waals surface area contributed by atoms with E-state index in [1.807, 2.05) is 30.3 Å². The first-order valence-electron chi connectivity index (χ1n) is 6.65. The molecule has 0 unspecified atom stereocenters. The number of esters is 1. The van der Waals surface area contributed by atoms with Crippen molar-refractivity contribution in [2.45, 2.75) is 12.3 Å². The molecule has 0 aliphatic carbocycles. The highest BCUT2D eigenvalue weighted by atomic mass is 16.5. The number of allylic oxidation sites excluding steroid dienone is 1. The van der Waals surface area contributed by atoms with Gasteiger partial charge >= 0.3 is 5.97 Å². The van der Waals surface area contributed by atoms with Crippen molar-refractivity contribution in [3.05, 3.63) is 60.7 Å². The number of hydrogen-bond acceptors (Lipinski definition) is 3. The first kappa shape index (κ1) is 14.5. The summed E-state index contributed by atoms with van der Waals surface area (Å²) in [5.74, 6) is -0.380. The van der Waals surface area contributed by atoms with E-state index in [2.05, 4.69) is 13.2 Å². The molecule has 0 bridgehead atoms. The number of carbonyl (C=O) groups excluding carboxylic acids is 1. The summed E-state index contributed by atoms with van der Waals surface area (Å²) in [4.78, 5) is 12.4. The van der Waals surface area contributed by atoms with E-state index in [4.69, 9.17) is 9.47 Å². The summed E-state index contributed by atoms with van der Waals surface area (Å²) in [6.45, 7) is 8.67. The Labute approximate surface area is 119 Å². The summed E-state index contributed by atoms with van der Waals surface area (Å²) in [6, 6.07) is 9.92. The molecule has 3 nitrogen and oxygen atoms in total. The summed E-state index contributed by atoms with van der Waals surface area (Å²) >= 11 is 0. The van der Waals surface area contributed by atoms with Gasteiger partial charge in [0.15, 0.2) is 0 Å². The van der Waals surface area contributed by atoms with Crippen molar-refractivity contribution in [3.8, 4) is 0 Å². The maximum absolute atomic E-state index is 12.4. The van der Waals surface area contributed by atoms with Gasteiger partial charge in [0, 0.05) is 5.92 Å². The monoisotopic (exact) mass is 272 g/mol. The molecule has 1 aliphatic heterocycles. The molecule has 3 heteroatoms. The smallest absolute Gasteiger partial charge is 0.315 e. The van der Waals surface area contributed by atoms with Gasteiger partial charge in [-0.15, -0.1) is 6.58 Å². The Morgan fingerprint density at radius 3 is 2.80 bits per heavy atom. The second-order valence-corrected chi connectivity index (χ2v) is 5.14. The Balaban J connectivity index is 2.52. The Morgan fingerprint density at radius 2 is 2.20 bits per heavy atom. The molecule has 0 N–H and O–H groups in total. The zero-order valence-electron chi connectivity index (χ0n) is 11.8. The lowest BCUT2D eigenvalue weighted by Crippen LogP contribution is -2.46. The van der Waals surface area contributed by atoms with Gasteiger partial charge in [0.05, 0.1) is 20.3 Å². The Hall–Kier alpha value is -1.87. The summed E-state index contributed by atoms with van der Waals surface area (Å²) in [5, 5.41) is 0. The van der Waals surface area contributed by atoms with Crippen LogP contribution in [-0.4, -0.2) is 26.3 Å². The standard InChI is InChI=1S/C17H20O3/c1-4-10-17(16(18)19-3)12-20-11-13(2)15(17)14-8-6-5-7-9-14/h4-9,15H,1-2,10-12H2,3H3/t15-,17-/m1/s1. The van der Waals surface area contributed by atoms with Gasteiger partial charge in [-0.3, -0.25) is 4.79 Å². The molecule has 0 amide bonds. The van der Waals surface area contributed by atoms with E-state index in [9.17, 15) is 4.79 Å². The first-order chi connectivity index (χ1) is 9.65. The fraction of sp³-hybridized carbons (Fsp3) is 0.353. The van der Waals surface area contributed by atoms with Gasteiger partial charge < -0.3 is 9.47 Å². The van der Waals surface area contributed by atoms with Crippen LogP contribution in [0.5, 0.6) is 0 Å². The van der Waals surface area contributed by atoms with Gasteiger partial charge in [-0.2, -0.15) is 0 Å². The molecular formula is C17H20O3. The molecule has 0 radical (unpaired) electrons. The molecule has 1 aromatic rings. The molecule has 2 rings (SSSR count). The quantitative estimate of drug-likeness (QED) is 0.624. The first-order valence-corrected chi connectivity index (χ1v) is 6.65. The minimum atomic E-state index is -0.771. The molecule has 0 aromatic heterocycles. The zero-order valence-corrected chi connectivity index (χ0v) is 11.8. The fourth-order valence-electron chi connectivity index (χ4n) is 3.02. The average Bonchev–Trinajstić information content (AvgIpc) is 2.47. The molecule has 0 spiro atoms. The van der Waals surface area contributed by atoms with Crippen LogP contribution in [0.3, 0.4) is 0 Å². The molecule has 1 fully saturated rings. The number of methoxy groups -OCH3 is 1. The van der Waals surface area contributed by atoms with Crippen molar-refractivity contribution in [2.75, 3.05) is 20.3 Å². The third kappa shape index (κ3) is 2.41.